The molecular weight excluding hydrogens is 375 g/mol. The molecule has 0 aliphatic rings. The molecule has 0 spiro atoms. The Morgan fingerprint density at radius 1 is 1.52 bits per heavy atom. The van der Waals surface area contributed by atoms with E-state index >= 15 is 0 Å². The van der Waals surface area contributed by atoms with E-state index in [9.17, 15) is 14.4 Å². The van der Waals surface area contributed by atoms with Crippen LogP contribution in [0.4, 0.5) is 10.1 Å². The molecule has 1 aromatic carbocycles. The second-order valence-electron chi connectivity index (χ2n) is 4.27. The van der Waals surface area contributed by atoms with Gasteiger partial charge in [0, 0.05) is 6.42 Å². The van der Waals surface area contributed by atoms with Crippen molar-refractivity contribution in [2.75, 3.05) is 6.61 Å². The maximum Gasteiger partial charge on any atom is 0.287 e. The first-order chi connectivity index (χ1) is 11.0. The Bertz CT molecular complexity index is 735. The highest BCUT2D eigenvalue weighted by atomic mass is 79.9. The number of carbonyl (C=O) groups excluding carboxylic acids is 1. The third-order valence-electron chi connectivity index (χ3n) is 2.70. The number of halogens is 2. The molecule has 122 valence electrons. The predicted octanol–water partition coefficient (Wildman–Crippen LogP) is 2.39. The highest BCUT2D eigenvalue weighted by molar-refractivity contribution is 9.10. The number of benzene rings is 1. The van der Waals surface area contributed by atoms with Crippen molar-refractivity contribution in [2.24, 2.45) is 4.99 Å². The number of amidine groups is 1. The van der Waals surface area contributed by atoms with Gasteiger partial charge >= 0.3 is 0 Å². The summed E-state index contributed by atoms with van der Waals surface area (Å²) >= 11 is 3.03. The molecule has 8 nitrogen and oxygen atoms in total. The van der Waals surface area contributed by atoms with Crippen LogP contribution in [0.3, 0.4) is 0 Å². The van der Waals surface area contributed by atoms with Gasteiger partial charge in [-0.15, -0.1) is 0 Å². The maximum atomic E-state index is 13.2. The van der Waals surface area contributed by atoms with Crippen LogP contribution >= 0.6 is 15.9 Å². The summed E-state index contributed by atoms with van der Waals surface area (Å²) in [4.78, 5) is 15.3. The van der Waals surface area contributed by atoms with E-state index in [-0.39, 0.29) is 34.3 Å². The van der Waals surface area contributed by atoms with Crippen LogP contribution in [0.25, 0.3) is 0 Å². The van der Waals surface area contributed by atoms with Crippen LogP contribution in [0.2, 0.25) is 0 Å². The van der Waals surface area contributed by atoms with Crippen LogP contribution in [-0.4, -0.2) is 33.7 Å². The van der Waals surface area contributed by atoms with Crippen LogP contribution < -0.4 is 10.2 Å². The summed E-state index contributed by atoms with van der Waals surface area (Å²) in [7, 11) is 0. The number of rotatable bonds is 6. The molecule has 0 radical (unpaired) electrons. The van der Waals surface area contributed by atoms with Gasteiger partial charge in [0.2, 0.25) is 5.69 Å². The fourth-order valence-corrected chi connectivity index (χ4v) is 1.85. The monoisotopic (exact) mass is 386 g/mol. The van der Waals surface area contributed by atoms with Gasteiger partial charge in [-0.3, -0.25) is 15.5 Å². The van der Waals surface area contributed by atoms with Gasteiger partial charge in [-0.05, 0) is 44.4 Å². The summed E-state index contributed by atoms with van der Waals surface area (Å²) in [5.41, 5.74) is 2.14. The number of nitrogens with zero attached hydrogens (tertiary/aromatic N) is 3. The lowest BCUT2D eigenvalue weighted by molar-refractivity contribution is -0.120. The van der Waals surface area contributed by atoms with Crippen molar-refractivity contribution in [3.05, 3.63) is 34.2 Å². The number of hydroxylamine groups is 1. The number of nitrogens with one attached hydrogen (secondary N) is 1. The van der Waals surface area contributed by atoms with Crippen molar-refractivity contribution < 1.29 is 23.8 Å². The lowest BCUT2D eigenvalue weighted by atomic mass is 10.3. The number of aliphatic imine (C=N–C) groups is 1. The smallest absolute Gasteiger partial charge is 0.287 e. The first kappa shape index (κ1) is 17.0. The summed E-state index contributed by atoms with van der Waals surface area (Å²) in [6.45, 7) is 1.49. The molecule has 2 aromatic rings. The minimum absolute atomic E-state index is 0.0307. The summed E-state index contributed by atoms with van der Waals surface area (Å²) in [6, 6.07) is 4.00. The second kappa shape index (κ2) is 7.79. The molecule has 0 amide bonds. The Morgan fingerprint density at radius 3 is 2.96 bits per heavy atom. The Labute approximate surface area is 138 Å². The molecule has 10 heteroatoms. The number of Topliss-reactive ketones (excluding diaryl/α,β-unsaturated/α-hetero) is 1. The molecule has 0 fully saturated rings. The number of ether oxygens (including phenoxy) is 1. The van der Waals surface area contributed by atoms with Crippen molar-refractivity contribution in [3.63, 3.8) is 0 Å². The number of hydrogen-bond donors (Lipinski definition) is 2. The summed E-state index contributed by atoms with van der Waals surface area (Å²) in [6.07, 6.45) is 0.309. The Hall–Kier alpha value is -2.33. The summed E-state index contributed by atoms with van der Waals surface area (Å²) in [5.74, 6) is -0.832. The van der Waals surface area contributed by atoms with Gasteiger partial charge in [0.15, 0.2) is 11.6 Å². The molecule has 0 aliphatic heterocycles. The first-order valence-corrected chi connectivity index (χ1v) is 7.25. The number of aromatic nitrogens is 2. The van der Waals surface area contributed by atoms with E-state index in [4.69, 9.17) is 4.74 Å². The molecule has 0 atom stereocenters. The molecule has 0 bridgehead atoms. The second-order valence-corrected chi connectivity index (χ2v) is 5.12. The number of ketones is 1. The van der Waals surface area contributed by atoms with E-state index in [1.807, 2.05) is 5.48 Å². The van der Waals surface area contributed by atoms with Gasteiger partial charge in [0.05, 0.1) is 10.2 Å². The molecule has 1 aromatic heterocycles. The van der Waals surface area contributed by atoms with E-state index in [1.165, 1.54) is 18.2 Å². The predicted molar refractivity (Wildman–Crippen MR) is 80.3 cm³/mol. The molecule has 23 heavy (non-hydrogen) atoms. The standard InChI is InChI=1S/C13H12BrFN4O4/c1-2-8(20)6-22-13-11(18-23-19-13)12(17-21)16-7-3-4-10(15)9(14)5-7/h3-5,21H,2,6H2,1H3,(H,16,17). The molecule has 0 saturated carbocycles. The van der Waals surface area contributed by atoms with Gasteiger partial charge in [-0.25, -0.2) is 14.0 Å². The Morgan fingerprint density at radius 2 is 2.30 bits per heavy atom. The highest BCUT2D eigenvalue weighted by Crippen LogP contribution is 2.23. The zero-order chi connectivity index (χ0) is 16.8. The number of hydrogen-bond acceptors (Lipinski definition) is 7. The first-order valence-electron chi connectivity index (χ1n) is 6.46. The summed E-state index contributed by atoms with van der Waals surface area (Å²) < 4.78 is 23.1. The Balaban J connectivity index is 2.27. The molecule has 0 unspecified atom stereocenters. The molecule has 0 aliphatic carbocycles. The van der Waals surface area contributed by atoms with Crippen LogP contribution in [0, 0.1) is 5.82 Å². The van der Waals surface area contributed by atoms with Crippen LogP contribution in [0.5, 0.6) is 5.88 Å². The van der Waals surface area contributed by atoms with Gasteiger partial charge in [-0.2, -0.15) is 0 Å². The largest absolute Gasteiger partial charge is 0.466 e. The zero-order valence-electron chi connectivity index (χ0n) is 11.9. The number of carbonyl (C=O) groups is 1. The van der Waals surface area contributed by atoms with Crippen molar-refractivity contribution in [2.45, 2.75) is 13.3 Å². The van der Waals surface area contributed by atoms with Crippen molar-refractivity contribution >= 4 is 33.2 Å². The third-order valence-corrected chi connectivity index (χ3v) is 3.30. The fraction of sp³-hybridized carbons (Fsp3) is 0.231. The lowest BCUT2D eigenvalue weighted by Gasteiger charge is -2.04. The van der Waals surface area contributed by atoms with E-state index in [0.717, 1.165) is 0 Å². The van der Waals surface area contributed by atoms with Crippen LogP contribution in [0.1, 0.15) is 19.0 Å². The zero-order valence-corrected chi connectivity index (χ0v) is 13.5. The normalized spacial score (nSPS) is 11.4. The van der Waals surface area contributed by atoms with E-state index in [2.05, 4.69) is 35.9 Å². The van der Waals surface area contributed by atoms with E-state index < -0.39 is 5.82 Å². The third kappa shape index (κ3) is 4.33. The van der Waals surface area contributed by atoms with Crippen LogP contribution in [0.15, 0.2) is 32.3 Å². The van der Waals surface area contributed by atoms with Gasteiger partial charge < -0.3 is 4.74 Å². The quantitative estimate of drug-likeness (QED) is 0.445. The van der Waals surface area contributed by atoms with Gasteiger partial charge in [0.25, 0.3) is 5.88 Å². The minimum Gasteiger partial charge on any atom is -0.466 e. The van der Waals surface area contributed by atoms with Gasteiger partial charge in [-0.1, -0.05) is 6.92 Å². The molecule has 1 heterocycles. The van der Waals surface area contributed by atoms with Crippen molar-refractivity contribution in [3.8, 4) is 5.88 Å². The topological polar surface area (TPSA) is 110 Å². The summed E-state index contributed by atoms with van der Waals surface area (Å²) in [5, 5.41) is 16.3. The van der Waals surface area contributed by atoms with E-state index in [0.29, 0.717) is 12.1 Å². The highest BCUT2D eigenvalue weighted by Gasteiger charge is 2.19. The average Bonchev–Trinajstić information content (AvgIpc) is 3.01. The Kier molecular flexibility index (Phi) is 5.77. The molecule has 2 rings (SSSR count). The minimum atomic E-state index is -0.451. The van der Waals surface area contributed by atoms with Crippen LogP contribution in [-0.2, 0) is 4.79 Å². The maximum absolute atomic E-state index is 13.2. The van der Waals surface area contributed by atoms with Gasteiger partial charge in [0.1, 0.15) is 12.4 Å². The fourth-order valence-electron chi connectivity index (χ4n) is 1.49. The molecule has 2 N–H and O–H groups in total. The van der Waals surface area contributed by atoms with Crippen molar-refractivity contribution in [1.29, 1.82) is 0 Å². The molecule has 0 saturated heterocycles. The lowest BCUT2D eigenvalue weighted by Crippen LogP contribution is -2.22. The molecular formula is C13H12BrFN4O4. The SMILES string of the molecule is CCC(=O)COc1nonc1C(=Nc1ccc(F)c(Br)c1)NO. The van der Waals surface area contributed by atoms with E-state index in [1.54, 1.807) is 6.92 Å². The van der Waals surface area contributed by atoms with Crippen molar-refractivity contribution in [1.82, 2.24) is 15.8 Å². The average molecular weight is 387 g/mol.